The topological polar surface area (TPSA) is 94.2 Å². The number of benzene rings is 1. The van der Waals surface area contributed by atoms with Gasteiger partial charge in [0.15, 0.2) is 0 Å². The predicted molar refractivity (Wildman–Crippen MR) is 177 cm³/mol. The minimum atomic E-state index is -0.628. The van der Waals surface area contributed by atoms with Gasteiger partial charge in [-0.1, -0.05) is 30.7 Å². The Kier molecular flexibility index (Phi) is 11.2. The van der Waals surface area contributed by atoms with Crippen molar-refractivity contribution in [2.24, 2.45) is 11.8 Å². The van der Waals surface area contributed by atoms with Gasteiger partial charge in [0.25, 0.3) is 5.91 Å². The molecule has 5 rings (SSSR count). The van der Waals surface area contributed by atoms with Gasteiger partial charge in [0.05, 0.1) is 12.0 Å². The summed E-state index contributed by atoms with van der Waals surface area (Å²) in [7, 11) is 1.85. The molecule has 3 heterocycles. The Labute approximate surface area is 274 Å². The molecular weight excluding hydrogens is 590 g/mol. The van der Waals surface area contributed by atoms with Crippen LogP contribution in [0.5, 0.6) is 0 Å². The van der Waals surface area contributed by atoms with Crippen LogP contribution in [0.3, 0.4) is 0 Å². The first-order valence-corrected chi connectivity index (χ1v) is 17.5. The minimum Gasteiger partial charge on any atom is -0.368 e. The van der Waals surface area contributed by atoms with Crippen LogP contribution in [0.2, 0.25) is 5.02 Å². The van der Waals surface area contributed by atoms with Crippen LogP contribution in [0, 0.1) is 11.8 Å². The number of ether oxygens (including phenoxy) is 1. The third-order valence-corrected chi connectivity index (χ3v) is 10.9. The lowest BCUT2D eigenvalue weighted by Gasteiger charge is -2.41. The summed E-state index contributed by atoms with van der Waals surface area (Å²) in [6, 6.07) is 7.09. The molecular formula is C35H54ClN5O4. The number of hydrogen-bond acceptors (Lipinski definition) is 6. The number of halogens is 1. The van der Waals surface area contributed by atoms with Crippen molar-refractivity contribution in [2.75, 3.05) is 46.4 Å². The molecule has 4 aliphatic rings. The molecule has 5 atom stereocenters. The molecule has 9 nitrogen and oxygen atoms in total. The summed E-state index contributed by atoms with van der Waals surface area (Å²) in [5.74, 6) is 0.210. The highest BCUT2D eigenvalue weighted by molar-refractivity contribution is 6.30. The fraction of sp³-hybridized carbons (Fsp3) is 0.743. The standard InChI is InChI=1S/C35H54ClN5O4/c1-23-8-14-26(15-9-23)41(34(44)31-7-6-18-45-31)27-19-30(32(42)38-17-16-37-5)40(20-27)33(43)29-22-39(35(2,3)4)21-28(29)24-10-12-25(36)13-11-24/h10-13,23,26-31,37H,6-9,14-22H2,1-5H3,(H,38,42)/t23?,26?,27-,28+,29-,30+,31?/m1/s1. The maximum atomic E-state index is 14.8. The molecule has 0 aromatic heterocycles. The molecule has 0 bridgehead atoms. The van der Waals surface area contributed by atoms with E-state index in [4.69, 9.17) is 16.3 Å². The van der Waals surface area contributed by atoms with Gasteiger partial charge in [-0.2, -0.15) is 0 Å². The lowest BCUT2D eigenvalue weighted by molar-refractivity contribution is -0.147. The number of carbonyl (C=O) groups excluding carboxylic acids is 3. The largest absolute Gasteiger partial charge is 0.368 e. The number of carbonyl (C=O) groups is 3. The van der Waals surface area contributed by atoms with Crippen molar-refractivity contribution >= 4 is 29.3 Å². The number of likely N-dealkylation sites (tertiary alicyclic amines) is 2. The Morgan fingerprint density at radius 2 is 1.69 bits per heavy atom. The summed E-state index contributed by atoms with van der Waals surface area (Å²) in [5, 5.41) is 6.81. The maximum absolute atomic E-state index is 14.8. The monoisotopic (exact) mass is 643 g/mol. The van der Waals surface area contributed by atoms with Gasteiger partial charge in [0, 0.05) is 61.9 Å². The van der Waals surface area contributed by atoms with E-state index in [1.807, 2.05) is 36.2 Å². The molecule has 3 saturated heterocycles. The van der Waals surface area contributed by atoms with E-state index in [1.54, 1.807) is 0 Å². The number of amides is 3. The van der Waals surface area contributed by atoms with Gasteiger partial charge in [0.1, 0.15) is 12.1 Å². The molecule has 10 heteroatoms. The van der Waals surface area contributed by atoms with Crippen LogP contribution in [-0.4, -0.2) is 109 Å². The predicted octanol–water partition coefficient (Wildman–Crippen LogP) is 4.05. The third-order valence-electron chi connectivity index (χ3n) is 10.7. The Hall–Kier alpha value is -2.20. The Balaban J connectivity index is 1.45. The van der Waals surface area contributed by atoms with E-state index in [1.165, 1.54) is 0 Å². The second kappa shape index (κ2) is 14.7. The smallest absolute Gasteiger partial charge is 0.252 e. The highest BCUT2D eigenvalue weighted by Crippen LogP contribution is 2.40. The van der Waals surface area contributed by atoms with Crippen LogP contribution in [0.25, 0.3) is 0 Å². The van der Waals surface area contributed by atoms with Gasteiger partial charge in [-0.15, -0.1) is 0 Å². The molecule has 4 fully saturated rings. The van der Waals surface area contributed by atoms with Gasteiger partial charge in [-0.25, -0.2) is 0 Å². The number of rotatable bonds is 9. The first-order chi connectivity index (χ1) is 21.5. The molecule has 2 N–H and O–H groups in total. The summed E-state index contributed by atoms with van der Waals surface area (Å²) in [5.41, 5.74) is 0.974. The fourth-order valence-corrected chi connectivity index (χ4v) is 8.04. The Morgan fingerprint density at radius 3 is 2.31 bits per heavy atom. The van der Waals surface area contributed by atoms with Crippen molar-refractivity contribution in [1.82, 2.24) is 25.3 Å². The number of nitrogens with one attached hydrogen (secondary N) is 2. The van der Waals surface area contributed by atoms with Crippen LogP contribution >= 0.6 is 11.6 Å². The molecule has 250 valence electrons. The van der Waals surface area contributed by atoms with Crippen molar-refractivity contribution in [3.05, 3.63) is 34.9 Å². The summed E-state index contributed by atoms with van der Waals surface area (Å²) < 4.78 is 5.90. The highest BCUT2D eigenvalue weighted by atomic mass is 35.5. The molecule has 3 amide bonds. The number of likely N-dealkylation sites (N-methyl/N-ethyl adjacent to an activating group) is 1. The molecule has 1 aromatic carbocycles. The van der Waals surface area contributed by atoms with E-state index >= 15 is 0 Å². The van der Waals surface area contributed by atoms with Crippen LogP contribution in [0.1, 0.15) is 84.1 Å². The summed E-state index contributed by atoms with van der Waals surface area (Å²) >= 11 is 6.24. The second-order valence-corrected chi connectivity index (χ2v) is 15.2. The van der Waals surface area contributed by atoms with E-state index in [2.05, 4.69) is 48.1 Å². The maximum Gasteiger partial charge on any atom is 0.252 e. The van der Waals surface area contributed by atoms with Gasteiger partial charge in [-0.05, 0) is 96.4 Å². The van der Waals surface area contributed by atoms with E-state index in [9.17, 15) is 14.4 Å². The molecule has 0 spiro atoms. The van der Waals surface area contributed by atoms with Gasteiger partial charge < -0.3 is 25.2 Å². The van der Waals surface area contributed by atoms with E-state index in [0.717, 1.165) is 50.6 Å². The van der Waals surface area contributed by atoms with Crippen molar-refractivity contribution in [1.29, 1.82) is 0 Å². The molecule has 0 radical (unpaired) electrons. The lowest BCUT2D eigenvalue weighted by atomic mass is 9.85. The zero-order valence-corrected chi connectivity index (χ0v) is 28.7. The normalized spacial score (nSPS) is 30.9. The zero-order chi connectivity index (χ0) is 32.3. The zero-order valence-electron chi connectivity index (χ0n) is 27.9. The average molecular weight is 644 g/mol. The Bertz CT molecular complexity index is 1180. The first-order valence-electron chi connectivity index (χ1n) is 17.1. The molecule has 1 aliphatic carbocycles. The first kappa shape index (κ1) is 34.1. The number of hydrogen-bond donors (Lipinski definition) is 2. The van der Waals surface area contributed by atoms with Crippen LogP contribution in [-0.2, 0) is 19.1 Å². The fourth-order valence-electron chi connectivity index (χ4n) is 7.92. The highest BCUT2D eigenvalue weighted by Gasteiger charge is 2.50. The minimum absolute atomic E-state index is 0.000233. The van der Waals surface area contributed by atoms with Gasteiger partial charge in [-0.3, -0.25) is 19.3 Å². The van der Waals surface area contributed by atoms with Crippen molar-refractivity contribution < 1.29 is 19.1 Å². The van der Waals surface area contributed by atoms with Crippen molar-refractivity contribution in [3.63, 3.8) is 0 Å². The van der Waals surface area contributed by atoms with E-state index in [0.29, 0.717) is 50.1 Å². The summed E-state index contributed by atoms with van der Waals surface area (Å²) in [4.78, 5) is 49.0. The van der Waals surface area contributed by atoms with Crippen LogP contribution < -0.4 is 10.6 Å². The van der Waals surface area contributed by atoms with E-state index in [-0.39, 0.29) is 47.2 Å². The van der Waals surface area contributed by atoms with Crippen LogP contribution in [0.15, 0.2) is 24.3 Å². The average Bonchev–Trinajstić information content (AvgIpc) is 3.79. The molecule has 3 aliphatic heterocycles. The third kappa shape index (κ3) is 7.86. The molecule has 45 heavy (non-hydrogen) atoms. The molecule has 1 unspecified atom stereocenters. The van der Waals surface area contributed by atoms with E-state index < -0.39 is 12.1 Å². The number of nitrogens with zero attached hydrogens (tertiary/aromatic N) is 3. The summed E-state index contributed by atoms with van der Waals surface area (Å²) in [6.45, 7) is 12.3. The van der Waals surface area contributed by atoms with Gasteiger partial charge >= 0.3 is 0 Å². The quantitative estimate of drug-likeness (QED) is 0.395. The van der Waals surface area contributed by atoms with Gasteiger partial charge in [0.2, 0.25) is 11.8 Å². The molecule has 1 aromatic rings. The van der Waals surface area contributed by atoms with Crippen molar-refractivity contribution in [3.8, 4) is 0 Å². The second-order valence-electron chi connectivity index (χ2n) is 14.8. The Morgan fingerprint density at radius 1 is 0.978 bits per heavy atom. The van der Waals surface area contributed by atoms with Crippen molar-refractivity contribution in [2.45, 2.75) is 108 Å². The SMILES string of the molecule is CNCCNC(=O)[C@@H]1C[C@@H](N(C(=O)C2CCCO2)C2CCC(C)CC2)CN1C(=O)[C@@H]1CN(C(C)(C)C)C[C@H]1c1ccc(Cl)cc1. The summed E-state index contributed by atoms with van der Waals surface area (Å²) in [6.07, 6.45) is 5.69. The lowest BCUT2D eigenvalue weighted by Crippen LogP contribution is -2.53. The van der Waals surface area contributed by atoms with Crippen LogP contribution in [0.4, 0.5) is 0 Å². The molecule has 1 saturated carbocycles.